The van der Waals surface area contributed by atoms with Crippen molar-refractivity contribution in [3.05, 3.63) is 0 Å². The first kappa shape index (κ1) is 18.2. The van der Waals surface area contributed by atoms with Gasteiger partial charge in [-0.05, 0) is 19.8 Å². The van der Waals surface area contributed by atoms with Crippen LogP contribution in [0.1, 0.15) is 45.4 Å². The van der Waals surface area contributed by atoms with Crippen LogP contribution in [0.2, 0.25) is 0 Å². The largest absolute Gasteiger partial charge is 0.463 e. The molecule has 2 N–H and O–H groups in total. The fourth-order valence-electron chi connectivity index (χ4n) is 2.65. The van der Waals surface area contributed by atoms with Crippen LogP contribution in [0, 0.1) is 0 Å². The lowest BCUT2D eigenvalue weighted by Crippen LogP contribution is -2.46. The molecule has 0 bridgehead atoms. The lowest BCUT2D eigenvalue weighted by Gasteiger charge is -2.28. The number of nitrogens with two attached hydrogens (primary N) is 1. The maximum absolute atomic E-state index is 12.2. The predicted octanol–water partition coefficient (Wildman–Crippen LogP) is 1.79. The molecule has 0 aromatic carbocycles. The highest BCUT2D eigenvalue weighted by atomic mass is 35.5. The van der Waals surface area contributed by atoms with Gasteiger partial charge >= 0.3 is 5.97 Å². The maximum atomic E-state index is 12.2. The summed E-state index contributed by atoms with van der Waals surface area (Å²) in [5.74, 6) is -0.414. The summed E-state index contributed by atoms with van der Waals surface area (Å²) in [5.41, 5.74) is 5.10. The molecule has 0 aromatic rings. The average Bonchev–Trinajstić information content (AvgIpc) is 2.92. The number of hydrogen-bond donors (Lipinski definition) is 1. The highest BCUT2D eigenvalue weighted by Gasteiger charge is 2.48. The van der Waals surface area contributed by atoms with Crippen molar-refractivity contribution in [1.29, 1.82) is 0 Å². The number of halogens is 1. The van der Waals surface area contributed by atoms with Crippen LogP contribution < -0.4 is 5.73 Å². The minimum atomic E-state index is -1.14. The van der Waals surface area contributed by atoms with Gasteiger partial charge in [0.05, 0.1) is 18.4 Å². The summed E-state index contributed by atoms with van der Waals surface area (Å²) in [7, 11) is 0. The molecule has 6 nitrogen and oxygen atoms in total. The van der Waals surface area contributed by atoms with Gasteiger partial charge in [-0.1, -0.05) is 24.4 Å². The zero-order valence-electron chi connectivity index (χ0n) is 12.5. The van der Waals surface area contributed by atoms with Gasteiger partial charge in [-0.25, -0.2) is 4.79 Å². The fraction of sp³-hybridized carbons (Fsp3) is 0.857. The molecular weight excluding hydrogens is 296 g/mol. The first-order chi connectivity index (χ1) is 9.70. The van der Waals surface area contributed by atoms with Gasteiger partial charge < -0.3 is 20.0 Å². The second-order valence-corrected chi connectivity index (χ2v) is 5.42. The predicted molar refractivity (Wildman–Crippen MR) is 81.6 cm³/mol. The lowest BCUT2D eigenvalue weighted by atomic mass is 9.96. The second-order valence-electron chi connectivity index (χ2n) is 5.42. The molecule has 1 atom stereocenters. The summed E-state index contributed by atoms with van der Waals surface area (Å²) in [6.45, 7) is 2.55. The van der Waals surface area contributed by atoms with Crippen molar-refractivity contribution in [3.8, 4) is 0 Å². The van der Waals surface area contributed by atoms with E-state index in [0.717, 1.165) is 12.8 Å². The minimum Gasteiger partial charge on any atom is -0.463 e. The number of carbonyl (C=O) groups excluding carboxylic acids is 1. The quantitative estimate of drug-likeness (QED) is 0.754. The van der Waals surface area contributed by atoms with Crippen LogP contribution in [-0.4, -0.2) is 43.1 Å². The SMILES string of the molecule is CCOC(=O)C1(COC2CCCCC2)CC(CN)=NO1.Cl. The van der Waals surface area contributed by atoms with E-state index in [-0.39, 0.29) is 31.7 Å². The Bertz CT molecular complexity index is 372. The molecule has 1 aliphatic heterocycles. The van der Waals surface area contributed by atoms with Gasteiger partial charge in [0.15, 0.2) is 0 Å². The Morgan fingerprint density at radius 2 is 2.14 bits per heavy atom. The Morgan fingerprint density at radius 3 is 2.71 bits per heavy atom. The van der Waals surface area contributed by atoms with Crippen LogP contribution in [0.5, 0.6) is 0 Å². The van der Waals surface area contributed by atoms with Crippen molar-refractivity contribution in [2.24, 2.45) is 10.9 Å². The Kier molecular flexibility index (Phi) is 7.42. The summed E-state index contributed by atoms with van der Waals surface area (Å²) >= 11 is 0. The number of esters is 1. The molecule has 1 aliphatic carbocycles. The van der Waals surface area contributed by atoms with Crippen molar-refractivity contribution in [1.82, 2.24) is 0 Å². The molecule has 0 radical (unpaired) electrons. The third-order valence-electron chi connectivity index (χ3n) is 3.83. The number of rotatable bonds is 6. The number of ether oxygens (including phenoxy) is 2. The van der Waals surface area contributed by atoms with Crippen molar-refractivity contribution in [2.45, 2.75) is 57.2 Å². The lowest BCUT2D eigenvalue weighted by molar-refractivity contribution is -0.180. The molecule has 1 heterocycles. The van der Waals surface area contributed by atoms with Crippen molar-refractivity contribution >= 4 is 24.1 Å². The van der Waals surface area contributed by atoms with Crippen LogP contribution in [0.3, 0.4) is 0 Å². The maximum Gasteiger partial charge on any atom is 0.356 e. The summed E-state index contributed by atoms with van der Waals surface area (Å²) in [5, 5.41) is 3.89. The molecule has 0 spiro atoms. The highest BCUT2D eigenvalue weighted by Crippen LogP contribution is 2.28. The molecule has 0 amide bonds. The number of nitrogens with zero attached hydrogens (tertiary/aromatic N) is 1. The minimum absolute atomic E-state index is 0. The number of hydrogen-bond acceptors (Lipinski definition) is 6. The molecule has 0 aromatic heterocycles. The van der Waals surface area contributed by atoms with Gasteiger partial charge in [-0.3, -0.25) is 0 Å². The smallest absolute Gasteiger partial charge is 0.356 e. The Labute approximate surface area is 131 Å². The van der Waals surface area contributed by atoms with Crippen LogP contribution in [-0.2, 0) is 19.1 Å². The molecule has 21 heavy (non-hydrogen) atoms. The molecule has 1 unspecified atom stereocenters. The first-order valence-corrected chi connectivity index (χ1v) is 7.43. The topological polar surface area (TPSA) is 83.1 Å². The van der Waals surface area contributed by atoms with Crippen LogP contribution in [0.15, 0.2) is 5.16 Å². The second kappa shape index (κ2) is 8.56. The molecule has 122 valence electrons. The van der Waals surface area contributed by atoms with Gasteiger partial charge in [0.25, 0.3) is 5.60 Å². The van der Waals surface area contributed by atoms with E-state index in [4.69, 9.17) is 20.0 Å². The van der Waals surface area contributed by atoms with E-state index in [1.807, 2.05) is 0 Å². The van der Waals surface area contributed by atoms with E-state index < -0.39 is 11.6 Å². The van der Waals surface area contributed by atoms with Crippen LogP contribution in [0.25, 0.3) is 0 Å². The van der Waals surface area contributed by atoms with Gasteiger partial charge in [-0.2, -0.15) is 0 Å². The van der Waals surface area contributed by atoms with Crippen molar-refractivity contribution in [2.75, 3.05) is 19.8 Å². The van der Waals surface area contributed by atoms with E-state index in [0.29, 0.717) is 18.7 Å². The van der Waals surface area contributed by atoms with E-state index in [2.05, 4.69) is 5.16 Å². The molecule has 0 saturated heterocycles. The Morgan fingerprint density at radius 1 is 1.43 bits per heavy atom. The molecular formula is C14H25ClN2O4. The van der Waals surface area contributed by atoms with Gasteiger partial charge in [0, 0.05) is 13.0 Å². The third kappa shape index (κ3) is 4.56. The van der Waals surface area contributed by atoms with Gasteiger partial charge in [0.2, 0.25) is 0 Å². The normalized spacial score (nSPS) is 25.7. The van der Waals surface area contributed by atoms with E-state index >= 15 is 0 Å². The molecule has 7 heteroatoms. The standard InChI is InChI=1S/C14H24N2O4.ClH/c1-2-18-13(17)14(8-11(9-15)16-20-14)10-19-12-6-4-3-5-7-12;/h12H,2-10,15H2,1H3;1H. The zero-order valence-corrected chi connectivity index (χ0v) is 13.3. The van der Waals surface area contributed by atoms with Crippen LogP contribution in [0.4, 0.5) is 0 Å². The van der Waals surface area contributed by atoms with Gasteiger partial charge in [0.1, 0.15) is 6.61 Å². The molecule has 2 rings (SSSR count). The molecule has 2 aliphatic rings. The van der Waals surface area contributed by atoms with E-state index in [9.17, 15) is 4.79 Å². The third-order valence-corrected chi connectivity index (χ3v) is 3.83. The Hall–Kier alpha value is -0.850. The average molecular weight is 321 g/mol. The van der Waals surface area contributed by atoms with Crippen molar-refractivity contribution < 1.29 is 19.1 Å². The summed E-state index contributed by atoms with van der Waals surface area (Å²) < 4.78 is 11.0. The van der Waals surface area contributed by atoms with E-state index in [1.165, 1.54) is 19.3 Å². The zero-order chi connectivity index (χ0) is 14.4. The first-order valence-electron chi connectivity index (χ1n) is 7.43. The Balaban J connectivity index is 0.00000220. The fourth-order valence-corrected chi connectivity index (χ4v) is 2.65. The van der Waals surface area contributed by atoms with Crippen LogP contribution >= 0.6 is 12.4 Å². The summed E-state index contributed by atoms with van der Waals surface area (Å²) in [4.78, 5) is 17.5. The number of carbonyl (C=O) groups is 1. The summed E-state index contributed by atoms with van der Waals surface area (Å²) in [6.07, 6.45) is 6.29. The molecule has 1 saturated carbocycles. The van der Waals surface area contributed by atoms with E-state index in [1.54, 1.807) is 6.92 Å². The molecule has 1 fully saturated rings. The monoisotopic (exact) mass is 320 g/mol. The highest BCUT2D eigenvalue weighted by molar-refractivity contribution is 5.94. The summed E-state index contributed by atoms with van der Waals surface area (Å²) in [6, 6.07) is 0. The number of oxime groups is 1. The van der Waals surface area contributed by atoms with Crippen molar-refractivity contribution in [3.63, 3.8) is 0 Å². The van der Waals surface area contributed by atoms with Gasteiger partial charge in [-0.15, -0.1) is 12.4 Å².